The molecule has 0 aliphatic rings. The smallest absolute Gasteiger partial charge is 0.187 e. The zero-order valence-electron chi connectivity index (χ0n) is 18.5. The summed E-state index contributed by atoms with van der Waals surface area (Å²) in [4.78, 5) is 17.5. The van der Waals surface area contributed by atoms with Gasteiger partial charge in [-0.25, -0.2) is 4.68 Å². The number of carbonyl (C=O) groups is 1. The van der Waals surface area contributed by atoms with E-state index >= 15 is 0 Å². The molecule has 0 saturated carbocycles. The van der Waals surface area contributed by atoms with Crippen molar-refractivity contribution in [3.63, 3.8) is 0 Å². The number of ether oxygens (including phenoxy) is 3. The third-order valence-electron chi connectivity index (χ3n) is 5.03. The van der Waals surface area contributed by atoms with Gasteiger partial charge < -0.3 is 14.2 Å². The van der Waals surface area contributed by atoms with Gasteiger partial charge in [0.25, 0.3) is 0 Å². The SMILES string of the molecule is CCC(=NCC(=O)C(OC)c1ccc(-n2cccn2)cc1)c1cc(OC)c(Br)c(OC)c1. The lowest BCUT2D eigenvalue weighted by Gasteiger charge is -2.15. The number of aliphatic imine (C=N–C) groups is 1. The fourth-order valence-electron chi connectivity index (χ4n) is 3.38. The van der Waals surface area contributed by atoms with Crippen LogP contribution in [0.4, 0.5) is 0 Å². The van der Waals surface area contributed by atoms with E-state index in [-0.39, 0.29) is 12.3 Å². The summed E-state index contributed by atoms with van der Waals surface area (Å²) in [6.45, 7) is 2.00. The Morgan fingerprint density at radius 1 is 1.12 bits per heavy atom. The van der Waals surface area contributed by atoms with E-state index in [1.165, 1.54) is 7.11 Å². The van der Waals surface area contributed by atoms with E-state index in [0.29, 0.717) is 17.9 Å². The zero-order chi connectivity index (χ0) is 23.1. The molecular formula is C24H26BrN3O4. The van der Waals surface area contributed by atoms with Crippen LogP contribution < -0.4 is 9.47 Å². The van der Waals surface area contributed by atoms with Gasteiger partial charge in [-0.2, -0.15) is 5.10 Å². The van der Waals surface area contributed by atoms with Gasteiger partial charge in [0.05, 0.1) is 19.9 Å². The molecule has 1 unspecified atom stereocenters. The molecule has 0 amide bonds. The minimum Gasteiger partial charge on any atom is -0.495 e. The van der Waals surface area contributed by atoms with E-state index in [1.54, 1.807) is 25.1 Å². The first kappa shape index (κ1) is 23.7. The molecule has 1 heterocycles. The van der Waals surface area contributed by atoms with Gasteiger partial charge in [-0.1, -0.05) is 19.1 Å². The lowest BCUT2D eigenvalue weighted by molar-refractivity contribution is -0.127. The van der Waals surface area contributed by atoms with Crippen LogP contribution in [0.3, 0.4) is 0 Å². The van der Waals surface area contributed by atoms with Gasteiger partial charge in [0.1, 0.15) is 28.6 Å². The van der Waals surface area contributed by atoms with Crippen molar-refractivity contribution in [2.45, 2.75) is 19.4 Å². The predicted molar refractivity (Wildman–Crippen MR) is 127 cm³/mol. The van der Waals surface area contributed by atoms with Crippen LogP contribution in [0.5, 0.6) is 11.5 Å². The lowest BCUT2D eigenvalue weighted by Crippen LogP contribution is -2.18. The maximum atomic E-state index is 12.9. The van der Waals surface area contributed by atoms with Crippen molar-refractivity contribution in [2.24, 2.45) is 4.99 Å². The summed E-state index contributed by atoms with van der Waals surface area (Å²) in [5.74, 6) is 1.15. The standard InChI is InChI=1S/C24H26BrN3O4/c1-5-19(17-13-21(30-2)23(25)22(14-17)31-3)26-15-20(29)24(32-4)16-7-9-18(10-8-16)28-12-6-11-27-28/h6-14,24H,5,15H2,1-4H3. The summed E-state index contributed by atoms with van der Waals surface area (Å²) in [5.41, 5.74) is 3.31. The summed E-state index contributed by atoms with van der Waals surface area (Å²) >= 11 is 3.47. The first-order chi connectivity index (χ1) is 15.5. The van der Waals surface area contributed by atoms with Gasteiger partial charge in [-0.05, 0) is 58.2 Å². The number of benzene rings is 2. The van der Waals surface area contributed by atoms with Crippen molar-refractivity contribution in [1.82, 2.24) is 9.78 Å². The molecule has 168 valence electrons. The fraction of sp³-hybridized carbons (Fsp3) is 0.292. The average Bonchev–Trinajstić information content (AvgIpc) is 3.36. The number of methoxy groups -OCH3 is 3. The number of halogens is 1. The van der Waals surface area contributed by atoms with Crippen molar-refractivity contribution in [2.75, 3.05) is 27.9 Å². The number of Topliss-reactive ketones (excluding diaryl/α,β-unsaturated/α-hetero) is 1. The van der Waals surface area contributed by atoms with Crippen molar-refractivity contribution in [3.8, 4) is 17.2 Å². The topological polar surface area (TPSA) is 74.9 Å². The Morgan fingerprint density at radius 3 is 2.28 bits per heavy atom. The predicted octanol–water partition coefficient (Wildman–Crippen LogP) is 4.81. The highest BCUT2D eigenvalue weighted by Crippen LogP contribution is 2.36. The Bertz CT molecular complexity index is 1050. The molecule has 0 radical (unpaired) electrons. The van der Waals surface area contributed by atoms with Crippen LogP contribution in [-0.2, 0) is 9.53 Å². The van der Waals surface area contributed by atoms with E-state index < -0.39 is 6.10 Å². The maximum Gasteiger partial charge on any atom is 0.187 e. The average molecular weight is 500 g/mol. The Hall–Kier alpha value is -2.97. The van der Waals surface area contributed by atoms with Gasteiger partial charge >= 0.3 is 0 Å². The largest absolute Gasteiger partial charge is 0.495 e. The minimum absolute atomic E-state index is 0.00326. The Kier molecular flexibility index (Phi) is 8.19. The van der Waals surface area contributed by atoms with Crippen LogP contribution >= 0.6 is 15.9 Å². The molecule has 3 aromatic rings. The normalized spacial score (nSPS) is 12.5. The van der Waals surface area contributed by atoms with E-state index in [4.69, 9.17) is 14.2 Å². The van der Waals surface area contributed by atoms with Crippen molar-refractivity contribution in [1.29, 1.82) is 0 Å². The van der Waals surface area contributed by atoms with Gasteiger partial charge in [-0.3, -0.25) is 9.79 Å². The molecule has 0 spiro atoms. The molecule has 8 heteroatoms. The number of carbonyl (C=O) groups excluding carboxylic acids is 1. The molecule has 0 saturated heterocycles. The summed E-state index contributed by atoms with van der Waals surface area (Å²) in [6, 6.07) is 13.2. The Labute approximate surface area is 196 Å². The highest BCUT2D eigenvalue weighted by Gasteiger charge is 2.20. The highest BCUT2D eigenvalue weighted by molar-refractivity contribution is 9.10. The van der Waals surface area contributed by atoms with E-state index in [9.17, 15) is 4.79 Å². The van der Waals surface area contributed by atoms with Gasteiger partial charge in [0, 0.05) is 30.8 Å². The first-order valence-corrected chi connectivity index (χ1v) is 10.9. The third-order valence-corrected chi connectivity index (χ3v) is 5.81. The summed E-state index contributed by atoms with van der Waals surface area (Å²) in [7, 11) is 4.71. The van der Waals surface area contributed by atoms with Crippen molar-refractivity contribution < 1.29 is 19.0 Å². The third kappa shape index (κ3) is 5.26. The van der Waals surface area contributed by atoms with Crippen LogP contribution in [0.25, 0.3) is 5.69 Å². The molecule has 1 aromatic heterocycles. The minimum atomic E-state index is -0.697. The van der Waals surface area contributed by atoms with E-state index in [0.717, 1.165) is 27.0 Å². The van der Waals surface area contributed by atoms with Gasteiger partial charge in [0.2, 0.25) is 0 Å². The van der Waals surface area contributed by atoms with Crippen LogP contribution in [0.1, 0.15) is 30.6 Å². The number of hydrogen-bond acceptors (Lipinski definition) is 6. The highest BCUT2D eigenvalue weighted by atomic mass is 79.9. The fourth-order valence-corrected chi connectivity index (χ4v) is 3.93. The number of rotatable bonds is 10. The number of hydrogen-bond donors (Lipinski definition) is 0. The summed E-state index contributed by atoms with van der Waals surface area (Å²) in [5, 5.41) is 4.21. The maximum absolute atomic E-state index is 12.9. The zero-order valence-corrected chi connectivity index (χ0v) is 20.1. The van der Waals surface area contributed by atoms with Crippen LogP contribution in [0.2, 0.25) is 0 Å². The lowest BCUT2D eigenvalue weighted by atomic mass is 10.0. The molecule has 0 aliphatic heterocycles. The van der Waals surface area contributed by atoms with E-state index in [2.05, 4.69) is 26.0 Å². The molecule has 1 atom stereocenters. The van der Waals surface area contributed by atoms with Crippen molar-refractivity contribution >= 4 is 27.4 Å². The monoisotopic (exact) mass is 499 g/mol. The molecule has 32 heavy (non-hydrogen) atoms. The summed E-state index contributed by atoms with van der Waals surface area (Å²) in [6.07, 6.45) is 3.53. The molecule has 0 aliphatic carbocycles. The molecule has 0 fully saturated rings. The van der Waals surface area contributed by atoms with Gasteiger partial charge in [-0.15, -0.1) is 0 Å². The van der Waals surface area contributed by atoms with Crippen LogP contribution in [0, 0.1) is 0 Å². The summed E-state index contributed by atoms with van der Waals surface area (Å²) < 4.78 is 18.8. The molecule has 0 bridgehead atoms. The van der Waals surface area contributed by atoms with Crippen LogP contribution in [0.15, 0.2) is 64.3 Å². The number of ketones is 1. The number of aromatic nitrogens is 2. The number of nitrogens with zero attached hydrogens (tertiary/aromatic N) is 3. The molecule has 3 rings (SSSR count). The van der Waals surface area contributed by atoms with Crippen molar-refractivity contribution in [3.05, 3.63) is 70.5 Å². The van der Waals surface area contributed by atoms with Gasteiger partial charge in [0.15, 0.2) is 5.78 Å². The Morgan fingerprint density at radius 2 is 1.78 bits per heavy atom. The molecule has 0 N–H and O–H groups in total. The molecule has 2 aromatic carbocycles. The molecule has 7 nitrogen and oxygen atoms in total. The van der Waals surface area contributed by atoms with Crippen LogP contribution in [-0.4, -0.2) is 49.1 Å². The molecular weight excluding hydrogens is 474 g/mol. The second-order valence-corrected chi connectivity index (χ2v) is 7.73. The van der Waals surface area contributed by atoms with E-state index in [1.807, 2.05) is 55.6 Å². The Balaban J connectivity index is 1.79. The second-order valence-electron chi connectivity index (χ2n) is 6.94. The first-order valence-electron chi connectivity index (χ1n) is 10.1. The second kappa shape index (κ2) is 11.1. The quantitative estimate of drug-likeness (QED) is 0.374.